The standard InChI is InChI=1S/C9H19F3N2/c1-8(4-7-14(2)3)13-6-5-9(10,11)12/h8,13H,4-7H2,1-3H3. The van der Waals surface area contributed by atoms with Crippen LogP contribution in [0.2, 0.25) is 0 Å². The number of hydrogen-bond acceptors (Lipinski definition) is 2. The Hall–Kier alpha value is -0.290. The van der Waals surface area contributed by atoms with Gasteiger partial charge >= 0.3 is 6.18 Å². The van der Waals surface area contributed by atoms with E-state index in [1.54, 1.807) is 0 Å². The Bertz CT molecular complexity index is 145. The van der Waals surface area contributed by atoms with E-state index in [1.165, 1.54) is 0 Å². The number of hydrogen-bond donors (Lipinski definition) is 1. The molecule has 0 aromatic rings. The summed E-state index contributed by atoms with van der Waals surface area (Å²) in [4.78, 5) is 2.02. The molecule has 0 spiro atoms. The predicted molar refractivity (Wildman–Crippen MR) is 51.3 cm³/mol. The normalized spacial score (nSPS) is 14.8. The summed E-state index contributed by atoms with van der Waals surface area (Å²) < 4.78 is 35.3. The highest BCUT2D eigenvalue weighted by molar-refractivity contribution is 4.63. The van der Waals surface area contributed by atoms with E-state index < -0.39 is 12.6 Å². The van der Waals surface area contributed by atoms with E-state index in [9.17, 15) is 13.2 Å². The molecule has 0 rings (SSSR count). The zero-order valence-electron chi connectivity index (χ0n) is 8.99. The number of alkyl halides is 3. The van der Waals surface area contributed by atoms with Gasteiger partial charge in [-0.1, -0.05) is 0 Å². The number of nitrogens with zero attached hydrogens (tertiary/aromatic N) is 1. The van der Waals surface area contributed by atoms with Crippen LogP contribution in [0.3, 0.4) is 0 Å². The van der Waals surface area contributed by atoms with Gasteiger partial charge in [0.2, 0.25) is 0 Å². The van der Waals surface area contributed by atoms with E-state index in [4.69, 9.17) is 0 Å². The molecular weight excluding hydrogens is 193 g/mol. The second kappa shape index (κ2) is 6.24. The molecule has 1 N–H and O–H groups in total. The van der Waals surface area contributed by atoms with Crippen molar-refractivity contribution in [3.63, 3.8) is 0 Å². The molecule has 0 saturated carbocycles. The van der Waals surface area contributed by atoms with Gasteiger partial charge in [-0.05, 0) is 34.0 Å². The summed E-state index contributed by atoms with van der Waals surface area (Å²) in [5.41, 5.74) is 0. The van der Waals surface area contributed by atoms with Crippen LogP contribution in [0.5, 0.6) is 0 Å². The molecule has 14 heavy (non-hydrogen) atoms. The molecule has 0 radical (unpaired) electrons. The van der Waals surface area contributed by atoms with Gasteiger partial charge in [-0.3, -0.25) is 0 Å². The molecule has 86 valence electrons. The first-order valence-electron chi connectivity index (χ1n) is 4.76. The van der Waals surface area contributed by atoms with Gasteiger partial charge in [-0.15, -0.1) is 0 Å². The van der Waals surface area contributed by atoms with E-state index in [2.05, 4.69) is 5.32 Å². The Morgan fingerprint density at radius 3 is 2.29 bits per heavy atom. The first-order chi connectivity index (χ1) is 6.31. The van der Waals surface area contributed by atoms with E-state index in [1.807, 2.05) is 25.9 Å². The Balaban J connectivity index is 3.40. The van der Waals surface area contributed by atoms with Crippen molar-refractivity contribution in [3.05, 3.63) is 0 Å². The van der Waals surface area contributed by atoms with Gasteiger partial charge in [0.05, 0.1) is 6.42 Å². The summed E-state index contributed by atoms with van der Waals surface area (Å²) in [6.45, 7) is 2.80. The molecule has 0 amide bonds. The molecule has 0 bridgehead atoms. The van der Waals surface area contributed by atoms with Crippen molar-refractivity contribution < 1.29 is 13.2 Å². The lowest BCUT2D eigenvalue weighted by Crippen LogP contribution is -2.32. The van der Waals surface area contributed by atoms with E-state index in [0.29, 0.717) is 0 Å². The highest BCUT2D eigenvalue weighted by Crippen LogP contribution is 2.18. The van der Waals surface area contributed by atoms with E-state index in [0.717, 1.165) is 13.0 Å². The van der Waals surface area contributed by atoms with Crippen molar-refractivity contribution in [2.24, 2.45) is 0 Å². The summed E-state index contributed by atoms with van der Waals surface area (Å²) >= 11 is 0. The van der Waals surface area contributed by atoms with Crippen molar-refractivity contribution in [2.75, 3.05) is 27.2 Å². The van der Waals surface area contributed by atoms with Gasteiger partial charge in [0, 0.05) is 12.6 Å². The molecule has 0 aliphatic heterocycles. The largest absolute Gasteiger partial charge is 0.390 e. The van der Waals surface area contributed by atoms with Crippen LogP contribution in [0.4, 0.5) is 13.2 Å². The third-order valence-electron chi connectivity index (χ3n) is 1.91. The quantitative estimate of drug-likeness (QED) is 0.723. The fourth-order valence-electron chi connectivity index (χ4n) is 1.01. The van der Waals surface area contributed by atoms with Crippen LogP contribution in [0, 0.1) is 0 Å². The average Bonchev–Trinajstić information content (AvgIpc) is 1.98. The average molecular weight is 212 g/mol. The third kappa shape index (κ3) is 9.80. The molecule has 0 fully saturated rings. The van der Waals surface area contributed by atoms with Crippen LogP contribution >= 0.6 is 0 Å². The van der Waals surface area contributed by atoms with Gasteiger partial charge in [0.25, 0.3) is 0 Å². The van der Waals surface area contributed by atoms with Gasteiger partial charge in [-0.25, -0.2) is 0 Å². The molecule has 0 aromatic heterocycles. The first kappa shape index (κ1) is 13.7. The minimum absolute atomic E-state index is 0.0120. The molecule has 0 aliphatic rings. The third-order valence-corrected chi connectivity index (χ3v) is 1.91. The summed E-state index contributed by atoms with van der Waals surface area (Å²) in [6.07, 6.45) is -3.93. The highest BCUT2D eigenvalue weighted by Gasteiger charge is 2.26. The molecule has 0 aromatic carbocycles. The summed E-state index contributed by atoms with van der Waals surface area (Å²) in [7, 11) is 3.89. The minimum atomic E-state index is -4.05. The van der Waals surface area contributed by atoms with Crippen LogP contribution in [0.1, 0.15) is 19.8 Å². The van der Waals surface area contributed by atoms with Gasteiger partial charge < -0.3 is 10.2 Å². The lowest BCUT2D eigenvalue weighted by atomic mass is 10.2. The van der Waals surface area contributed by atoms with E-state index in [-0.39, 0.29) is 12.6 Å². The first-order valence-corrected chi connectivity index (χ1v) is 4.76. The van der Waals surface area contributed by atoms with Crippen LogP contribution < -0.4 is 5.32 Å². The lowest BCUT2D eigenvalue weighted by molar-refractivity contribution is -0.133. The monoisotopic (exact) mass is 212 g/mol. The van der Waals surface area contributed by atoms with Gasteiger partial charge in [-0.2, -0.15) is 13.2 Å². The SMILES string of the molecule is CC(CCN(C)C)NCCC(F)(F)F. The number of halogens is 3. The minimum Gasteiger partial charge on any atom is -0.314 e. The Morgan fingerprint density at radius 2 is 1.86 bits per heavy atom. The molecular formula is C9H19F3N2. The van der Waals surface area contributed by atoms with Gasteiger partial charge in [0.1, 0.15) is 0 Å². The fourth-order valence-corrected chi connectivity index (χ4v) is 1.01. The molecule has 5 heteroatoms. The summed E-state index contributed by atoms with van der Waals surface area (Å²) in [5.74, 6) is 0. The number of rotatable bonds is 6. The molecule has 1 atom stereocenters. The Morgan fingerprint density at radius 1 is 1.29 bits per heavy atom. The maximum atomic E-state index is 11.8. The fraction of sp³-hybridized carbons (Fsp3) is 1.00. The Labute approximate surface area is 83.5 Å². The lowest BCUT2D eigenvalue weighted by Gasteiger charge is -2.17. The van der Waals surface area contributed by atoms with Crippen LogP contribution in [-0.2, 0) is 0 Å². The Kier molecular flexibility index (Phi) is 6.11. The van der Waals surface area contributed by atoms with Gasteiger partial charge in [0.15, 0.2) is 0 Å². The summed E-state index contributed by atoms with van der Waals surface area (Å²) in [6, 6.07) is 0.139. The number of nitrogens with one attached hydrogen (secondary N) is 1. The molecule has 0 aliphatic carbocycles. The van der Waals surface area contributed by atoms with Crippen molar-refractivity contribution in [3.8, 4) is 0 Å². The van der Waals surface area contributed by atoms with Crippen LogP contribution in [-0.4, -0.2) is 44.3 Å². The topological polar surface area (TPSA) is 15.3 Å². The molecule has 0 saturated heterocycles. The molecule has 1 unspecified atom stereocenters. The molecule has 0 heterocycles. The van der Waals surface area contributed by atoms with Crippen LogP contribution in [0.25, 0.3) is 0 Å². The van der Waals surface area contributed by atoms with Crippen molar-refractivity contribution in [2.45, 2.75) is 32.0 Å². The maximum absolute atomic E-state index is 11.8. The highest BCUT2D eigenvalue weighted by atomic mass is 19.4. The van der Waals surface area contributed by atoms with Crippen molar-refractivity contribution in [1.82, 2.24) is 10.2 Å². The smallest absolute Gasteiger partial charge is 0.314 e. The predicted octanol–water partition coefficient (Wildman–Crippen LogP) is 1.87. The van der Waals surface area contributed by atoms with Crippen LogP contribution in [0.15, 0.2) is 0 Å². The second-order valence-electron chi connectivity index (χ2n) is 3.81. The van der Waals surface area contributed by atoms with Crippen molar-refractivity contribution >= 4 is 0 Å². The molecule has 2 nitrogen and oxygen atoms in total. The van der Waals surface area contributed by atoms with E-state index >= 15 is 0 Å². The maximum Gasteiger partial charge on any atom is 0.390 e. The summed E-state index contributed by atoms with van der Waals surface area (Å²) in [5, 5.41) is 2.85. The van der Waals surface area contributed by atoms with Crippen molar-refractivity contribution in [1.29, 1.82) is 0 Å². The zero-order chi connectivity index (χ0) is 11.2. The zero-order valence-corrected chi connectivity index (χ0v) is 8.99. The second-order valence-corrected chi connectivity index (χ2v) is 3.81.